The highest BCUT2D eigenvalue weighted by molar-refractivity contribution is 9.10. The maximum absolute atomic E-state index is 9.80. The van der Waals surface area contributed by atoms with E-state index in [1.807, 2.05) is 0 Å². The average Bonchev–Trinajstić information content (AvgIpc) is 2.30. The van der Waals surface area contributed by atoms with E-state index in [0.29, 0.717) is 22.5 Å². The molecule has 0 saturated carbocycles. The number of hydrogen-bond donors (Lipinski definition) is 1. The highest BCUT2D eigenvalue weighted by atomic mass is 79.9. The highest BCUT2D eigenvalue weighted by Crippen LogP contribution is 2.32. The van der Waals surface area contributed by atoms with E-state index in [4.69, 9.17) is 9.47 Å². The van der Waals surface area contributed by atoms with Crippen molar-refractivity contribution in [1.82, 2.24) is 9.97 Å². The van der Waals surface area contributed by atoms with Gasteiger partial charge in [0.25, 0.3) is 0 Å². The molecule has 6 heteroatoms. The zero-order valence-electron chi connectivity index (χ0n) is 9.40. The number of nitrogens with zero attached hydrogens (tertiary/aromatic N) is 2. The van der Waals surface area contributed by atoms with Gasteiger partial charge in [-0.1, -0.05) is 0 Å². The smallest absolute Gasteiger partial charge is 0.222 e. The van der Waals surface area contributed by atoms with E-state index in [9.17, 15) is 5.11 Å². The predicted octanol–water partition coefficient (Wildman–Crippen LogP) is 2.25. The van der Waals surface area contributed by atoms with Gasteiger partial charge >= 0.3 is 0 Å². The van der Waals surface area contributed by atoms with Crippen LogP contribution in [0.25, 0.3) is 10.9 Å². The van der Waals surface area contributed by atoms with Gasteiger partial charge in [0.1, 0.15) is 12.4 Å². The minimum atomic E-state index is -0.0644. The lowest BCUT2D eigenvalue weighted by Crippen LogP contribution is -1.98. The lowest BCUT2D eigenvalue weighted by molar-refractivity contribution is 0.177. The van der Waals surface area contributed by atoms with Crippen LogP contribution in [0.1, 0.15) is 5.82 Å². The van der Waals surface area contributed by atoms with Gasteiger partial charge in [0.15, 0.2) is 5.82 Å². The second-order valence-corrected chi connectivity index (χ2v) is 4.25. The van der Waals surface area contributed by atoms with Crippen LogP contribution in [0, 0.1) is 0 Å². The van der Waals surface area contributed by atoms with Crippen LogP contribution in [0.4, 0.5) is 0 Å². The number of benzene rings is 1. The first kappa shape index (κ1) is 12.1. The summed E-state index contributed by atoms with van der Waals surface area (Å²) < 4.78 is 10.8. The third kappa shape index (κ3) is 2.32. The third-order valence-electron chi connectivity index (χ3n) is 2.27. The van der Waals surface area contributed by atoms with E-state index in [-0.39, 0.29) is 12.5 Å². The molecule has 0 atom stereocenters. The second-order valence-electron chi connectivity index (χ2n) is 3.40. The van der Waals surface area contributed by atoms with Crippen molar-refractivity contribution in [3.63, 3.8) is 0 Å². The first-order chi connectivity index (χ1) is 8.15. The summed E-state index contributed by atoms with van der Waals surface area (Å²) in [4.78, 5) is 8.22. The summed E-state index contributed by atoms with van der Waals surface area (Å²) >= 11 is 3.34. The van der Waals surface area contributed by atoms with Crippen LogP contribution in [0.15, 0.2) is 16.6 Å². The molecule has 0 amide bonds. The fourth-order valence-electron chi connectivity index (χ4n) is 1.51. The molecule has 0 aliphatic heterocycles. The number of aromatic nitrogens is 2. The predicted molar refractivity (Wildman–Crippen MR) is 66.2 cm³/mol. The van der Waals surface area contributed by atoms with Gasteiger partial charge in [0.2, 0.25) is 5.88 Å². The number of hydrogen-bond acceptors (Lipinski definition) is 5. The van der Waals surface area contributed by atoms with Crippen LogP contribution in [-0.4, -0.2) is 29.3 Å². The van der Waals surface area contributed by atoms with Gasteiger partial charge in [0, 0.05) is 13.2 Å². The Bertz CT molecular complexity index is 560. The molecule has 1 aromatic heterocycles. The van der Waals surface area contributed by atoms with Crippen molar-refractivity contribution >= 4 is 26.8 Å². The lowest BCUT2D eigenvalue weighted by Gasteiger charge is -2.07. The first-order valence-electron chi connectivity index (χ1n) is 4.87. The number of rotatable bonds is 3. The van der Waals surface area contributed by atoms with Crippen LogP contribution >= 0.6 is 15.9 Å². The summed E-state index contributed by atoms with van der Waals surface area (Å²) in [5.41, 5.74) is 0.615. The summed E-state index contributed by atoms with van der Waals surface area (Å²) in [6.07, 6.45) is 0. The molecular weight excluding hydrogens is 288 g/mol. The topological polar surface area (TPSA) is 64.5 Å². The van der Waals surface area contributed by atoms with Crippen molar-refractivity contribution in [1.29, 1.82) is 0 Å². The monoisotopic (exact) mass is 298 g/mol. The molecule has 0 spiro atoms. The van der Waals surface area contributed by atoms with Crippen molar-refractivity contribution in [2.45, 2.75) is 6.61 Å². The summed E-state index contributed by atoms with van der Waals surface area (Å²) in [5, 5.41) is 10.4. The van der Waals surface area contributed by atoms with E-state index in [1.54, 1.807) is 26.4 Å². The number of fused-ring (bicyclic) bond motifs is 1. The number of aromatic hydroxyl groups is 1. The summed E-state index contributed by atoms with van der Waals surface area (Å²) in [5.74, 6) is 1.02. The van der Waals surface area contributed by atoms with Gasteiger partial charge in [-0.15, -0.1) is 0 Å². The van der Waals surface area contributed by atoms with Crippen molar-refractivity contribution in [3.8, 4) is 11.6 Å². The molecule has 0 unspecified atom stereocenters. The third-order valence-corrected chi connectivity index (χ3v) is 2.89. The van der Waals surface area contributed by atoms with Crippen LogP contribution in [0.5, 0.6) is 11.6 Å². The molecule has 0 aliphatic carbocycles. The maximum atomic E-state index is 9.80. The normalized spacial score (nSPS) is 10.8. The molecule has 1 N–H and O–H groups in total. The number of ether oxygens (including phenoxy) is 2. The van der Waals surface area contributed by atoms with Gasteiger partial charge in [-0.3, -0.25) is 0 Å². The Balaban J connectivity index is 2.65. The summed E-state index contributed by atoms with van der Waals surface area (Å²) in [7, 11) is 3.12. The number of halogens is 1. The second kappa shape index (κ2) is 4.85. The molecule has 17 heavy (non-hydrogen) atoms. The Hall–Kier alpha value is -1.40. The van der Waals surface area contributed by atoms with Crippen molar-refractivity contribution in [2.24, 2.45) is 0 Å². The van der Waals surface area contributed by atoms with E-state index in [2.05, 4.69) is 25.9 Å². The summed E-state index contributed by atoms with van der Waals surface area (Å²) in [6, 6.07) is 3.46. The molecule has 2 rings (SSSR count). The molecular formula is C11H11BrN2O3. The van der Waals surface area contributed by atoms with E-state index < -0.39 is 0 Å². The molecule has 0 fully saturated rings. The van der Waals surface area contributed by atoms with Gasteiger partial charge < -0.3 is 14.6 Å². The Labute approximate surface area is 107 Å². The zero-order valence-corrected chi connectivity index (χ0v) is 11.0. The molecule has 1 heterocycles. The summed E-state index contributed by atoms with van der Waals surface area (Å²) in [6.45, 7) is 0.252. The Morgan fingerprint density at radius 1 is 1.29 bits per heavy atom. The fourth-order valence-corrected chi connectivity index (χ4v) is 2.02. The molecule has 1 aromatic carbocycles. The highest BCUT2D eigenvalue weighted by Gasteiger charge is 2.10. The SMILES string of the molecule is COCc1nc(O)c2cc(Br)c(OC)cc2n1. The average molecular weight is 299 g/mol. The molecule has 0 saturated heterocycles. The Morgan fingerprint density at radius 2 is 2.06 bits per heavy atom. The minimum absolute atomic E-state index is 0.0644. The van der Waals surface area contributed by atoms with Gasteiger partial charge in [-0.25, -0.2) is 4.98 Å². The van der Waals surface area contributed by atoms with Crippen LogP contribution in [-0.2, 0) is 11.3 Å². The van der Waals surface area contributed by atoms with Crippen molar-refractivity contribution < 1.29 is 14.6 Å². The molecule has 0 bridgehead atoms. The van der Waals surface area contributed by atoms with Crippen LogP contribution in [0.2, 0.25) is 0 Å². The van der Waals surface area contributed by atoms with Crippen LogP contribution < -0.4 is 4.74 Å². The van der Waals surface area contributed by atoms with E-state index in [1.165, 1.54) is 0 Å². The van der Waals surface area contributed by atoms with Gasteiger partial charge in [0.05, 0.1) is 22.5 Å². The van der Waals surface area contributed by atoms with E-state index in [0.717, 1.165) is 4.47 Å². The van der Waals surface area contributed by atoms with Crippen molar-refractivity contribution in [2.75, 3.05) is 14.2 Å². The first-order valence-corrected chi connectivity index (χ1v) is 5.67. The molecule has 2 aromatic rings. The standard InChI is InChI=1S/C11H11BrN2O3/c1-16-5-10-13-8-4-9(17-2)7(12)3-6(8)11(15)14-10/h3-4H,5H2,1-2H3,(H,13,14,15). The largest absolute Gasteiger partial charge is 0.495 e. The van der Waals surface area contributed by atoms with Crippen LogP contribution in [0.3, 0.4) is 0 Å². The maximum Gasteiger partial charge on any atom is 0.222 e. The van der Waals surface area contributed by atoms with E-state index >= 15 is 0 Å². The minimum Gasteiger partial charge on any atom is -0.495 e. The Morgan fingerprint density at radius 3 is 2.71 bits per heavy atom. The lowest BCUT2D eigenvalue weighted by atomic mass is 10.2. The zero-order chi connectivity index (χ0) is 12.4. The van der Waals surface area contributed by atoms with Gasteiger partial charge in [-0.2, -0.15) is 4.98 Å². The molecule has 0 aliphatic rings. The molecule has 0 radical (unpaired) electrons. The fraction of sp³-hybridized carbons (Fsp3) is 0.273. The quantitative estimate of drug-likeness (QED) is 0.941. The van der Waals surface area contributed by atoms with Crippen molar-refractivity contribution in [3.05, 3.63) is 22.4 Å². The molecule has 90 valence electrons. The number of methoxy groups -OCH3 is 2. The molecule has 5 nitrogen and oxygen atoms in total. The van der Waals surface area contributed by atoms with Gasteiger partial charge in [-0.05, 0) is 22.0 Å². The Kier molecular flexibility index (Phi) is 3.44.